The summed E-state index contributed by atoms with van der Waals surface area (Å²) in [5.74, 6) is 0. The van der Waals surface area contributed by atoms with Crippen molar-refractivity contribution in [3.8, 4) is 0 Å². The Morgan fingerprint density at radius 1 is 1.44 bits per heavy atom. The highest BCUT2D eigenvalue weighted by molar-refractivity contribution is 5.33. The van der Waals surface area contributed by atoms with Crippen molar-refractivity contribution in [1.29, 1.82) is 0 Å². The molecule has 0 aliphatic carbocycles. The van der Waals surface area contributed by atoms with Crippen molar-refractivity contribution >= 4 is 5.69 Å². The van der Waals surface area contributed by atoms with Gasteiger partial charge in [-0.1, -0.05) is 19.1 Å². The average molecular weight is 224 g/mol. The van der Waals surface area contributed by atoms with Crippen LogP contribution in [0.25, 0.3) is 0 Å². The lowest BCUT2D eigenvalue weighted by molar-refractivity contribution is -0.384. The normalized spacial score (nSPS) is 12.4. The van der Waals surface area contributed by atoms with Crippen LogP contribution in [0.3, 0.4) is 0 Å². The first kappa shape index (κ1) is 12.6. The van der Waals surface area contributed by atoms with Gasteiger partial charge in [-0.3, -0.25) is 10.1 Å². The molecule has 5 nitrogen and oxygen atoms in total. The van der Waals surface area contributed by atoms with E-state index in [9.17, 15) is 10.1 Å². The topological polar surface area (TPSA) is 75.4 Å². The molecule has 0 heterocycles. The lowest BCUT2D eigenvalue weighted by atomic mass is 10.1. The number of aliphatic hydroxyl groups is 1. The summed E-state index contributed by atoms with van der Waals surface area (Å²) in [6.07, 6.45) is 0.669. The van der Waals surface area contributed by atoms with E-state index in [0.29, 0.717) is 6.42 Å². The van der Waals surface area contributed by atoms with Gasteiger partial charge >= 0.3 is 0 Å². The standard InChI is InChI=1S/C11H16N2O3/c1-2-12-10(8-14)7-9-3-5-11(6-4-9)13(15)16/h3-6,10,12,14H,2,7-8H2,1H3/t10-/m1/s1. The number of nitrogens with zero attached hydrogens (tertiary/aromatic N) is 1. The van der Waals surface area contributed by atoms with Crippen molar-refractivity contribution in [3.63, 3.8) is 0 Å². The summed E-state index contributed by atoms with van der Waals surface area (Å²) in [7, 11) is 0. The van der Waals surface area contributed by atoms with Gasteiger partial charge in [0.15, 0.2) is 0 Å². The second-order valence-corrected chi connectivity index (χ2v) is 3.56. The Morgan fingerprint density at radius 2 is 2.06 bits per heavy atom. The molecule has 1 rings (SSSR count). The molecular formula is C11H16N2O3. The van der Waals surface area contributed by atoms with E-state index >= 15 is 0 Å². The van der Waals surface area contributed by atoms with Crippen LogP contribution in [0.2, 0.25) is 0 Å². The number of benzene rings is 1. The third-order valence-electron chi connectivity index (χ3n) is 2.34. The average Bonchev–Trinajstić information content (AvgIpc) is 2.29. The van der Waals surface area contributed by atoms with Crippen LogP contribution in [0.15, 0.2) is 24.3 Å². The highest BCUT2D eigenvalue weighted by atomic mass is 16.6. The monoisotopic (exact) mass is 224 g/mol. The molecule has 0 aromatic heterocycles. The van der Waals surface area contributed by atoms with Gasteiger partial charge in [0.25, 0.3) is 5.69 Å². The maximum atomic E-state index is 10.4. The number of nitro benzene ring substituents is 1. The molecule has 1 aromatic carbocycles. The van der Waals surface area contributed by atoms with Crippen molar-refractivity contribution in [2.24, 2.45) is 0 Å². The smallest absolute Gasteiger partial charge is 0.269 e. The van der Waals surface area contributed by atoms with Crippen molar-refractivity contribution in [2.75, 3.05) is 13.2 Å². The first-order valence-electron chi connectivity index (χ1n) is 5.25. The molecule has 1 aromatic rings. The fourth-order valence-corrected chi connectivity index (χ4v) is 1.53. The van der Waals surface area contributed by atoms with Gasteiger partial charge in [0.2, 0.25) is 0 Å². The third kappa shape index (κ3) is 3.60. The largest absolute Gasteiger partial charge is 0.395 e. The Kier molecular flexibility index (Phi) is 4.88. The molecule has 0 unspecified atom stereocenters. The molecule has 1 atom stereocenters. The van der Waals surface area contributed by atoms with Gasteiger partial charge in [-0.25, -0.2) is 0 Å². The molecule has 0 spiro atoms. The van der Waals surface area contributed by atoms with E-state index in [2.05, 4.69) is 5.32 Å². The minimum absolute atomic E-state index is 0.00598. The number of non-ortho nitro benzene ring substituents is 1. The van der Waals surface area contributed by atoms with Gasteiger partial charge in [-0.05, 0) is 18.5 Å². The highest BCUT2D eigenvalue weighted by Crippen LogP contribution is 2.13. The minimum Gasteiger partial charge on any atom is -0.395 e. The van der Waals surface area contributed by atoms with Gasteiger partial charge in [-0.2, -0.15) is 0 Å². The zero-order valence-electron chi connectivity index (χ0n) is 9.22. The van der Waals surface area contributed by atoms with Crippen LogP contribution >= 0.6 is 0 Å². The summed E-state index contributed by atoms with van der Waals surface area (Å²) >= 11 is 0. The predicted molar refractivity (Wildman–Crippen MR) is 61.4 cm³/mol. The van der Waals surface area contributed by atoms with Crippen LogP contribution < -0.4 is 5.32 Å². The van der Waals surface area contributed by atoms with E-state index < -0.39 is 4.92 Å². The van der Waals surface area contributed by atoms with E-state index in [1.807, 2.05) is 6.92 Å². The van der Waals surface area contributed by atoms with Crippen molar-refractivity contribution in [1.82, 2.24) is 5.32 Å². The Hall–Kier alpha value is -1.46. The molecule has 0 amide bonds. The maximum Gasteiger partial charge on any atom is 0.269 e. The number of likely N-dealkylation sites (N-methyl/N-ethyl adjacent to an activating group) is 1. The van der Waals surface area contributed by atoms with Crippen LogP contribution in [0.4, 0.5) is 5.69 Å². The Balaban J connectivity index is 2.63. The van der Waals surface area contributed by atoms with Gasteiger partial charge in [0.1, 0.15) is 0 Å². The molecule has 0 radical (unpaired) electrons. The number of aliphatic hydroxyl groups excluding tert-OH is 1. The summed E-state index contributed by atoms with van der Waals surface area (Å²) in [5, 5.41) is 22.7. The number of hydrogen-bond acceptors (Lipinski definition) is 4. The highest BCUT2D eigenvalue weighted by Gasteiger charge is 2.08. The Morgan fingerprint density at radius 3 is 2.50 bits per heavy atom. The minimum atomic E-state index is -0.419. The van der Waals surface area contributed by atoms with Crippen molar-refractivity contribution in [3.05, 3.63) is 39.9 Å². The van der Waals surface area contributed by atoms with Crippen LogP contribution in [-0.4, -0.2) is 29.2 Å². The second kappa shape index (κ2) is 6.19. The van der Waals surface area contributed by atoms with E-state index in [1.54, 1.807) is 12.1 Å². The van der Waals surface area contributed by atoms with Gasteiger partial charge in [0.05, 0.1) is 11.5 Å². The first-order valence-corrected chi connectivity index (χ1v) is 5.25. The van der Waals surface area contributed by atoms with Crippen LogP contribution in [0, 0.1) is 10.1 Å². The summed E-state index contributed by atoms with van der Waals surface area (Å²) in [4.78, 5) is 10.0. The molecule has 2 N–H and O–H groups in total. The molecule has 0 fully saturated rings. The van der Waals surface area contributed by atoms with E-state index in [0.717, 1.165) is 12.1 Å². The molecule has 0 bridgehead atoms. The number of rotatable bonds is 6. The molecule has 88 valence electrons. The van der Waals surface area contributed by atoms with Crippen LogP contribution in [0.5, 0.6) is 0 Å². The van der Waals surface area contributed by atoms with E-state index in [4.69, 9.17) is 5.11 Å². The third-order valence-corrected chi connectivity index (χ3v) is 2.34. The SMILES string of the molecule is CCN[C@@H](CO)Cc1ccc([N+](=O)[O-])cc1. The fraction of sp³-hybridized carbons (Fsp3) is 0.455. The molecule has 16 heavy (non-hydrogen) atoms. The Labute approximate surface area is 94.3 Å². The lowest BCUT2D eigenvalue weighted by Crippen LogP contribution is -2.34. The lowest BCUT2D eigenvalue weighted by Gasteiger charge is -2.14. The maximum absolute atomic E-state index is 10.4. The zero-order valence-corrected chi connectivity index (χ0v) is 9.22. The van der Waals surface area contributed by atoms with Gasteiger partial charge in [0, 0.05) is 18.2 Å². The molecule has 5 heteroatoms. The van der Waals surface area contributed by atoms with Crippen LogP contribution in [-0.2, 0) is 6.42 Å². The number of hydrogen-bond donors (Lipinski definition) is 2. The predicted octanol–water partition coefficient (Wildman–Crippen LogP) is 1.11. The summed E-state index contributed by atoms with van der Waals surface area (Å²) < 4.78 is 0. The van der Waals surface area contributed by atoms with Gasteiger partial charge < -0.3 is 10.4 Å². The van der Waals surface area contributed by atoms with Crippen molar-refractivity contribution in [2.45, 2.75) is 19.4 Å². The summed E-state index contributed by atoms with van der Waals surface area (Å²) in [6.45, 7) is 2.82. The molecule has 0 saturated heterocycles. The van der Waals surface area contributed by atoms with Gasteiger partial charge in [-0.15, -0.1) is 0 Å². The molecular weight excluding hydrogens is 208 g/mol. The second-order valence-electron chi connectivity index (χ2n) is 3.56. The Bertz CT molecular complexity index is 338. The first-order chi connectivity index (χ1) is 7.67. The fourth-order valence-electron chi connectivity index (χ4n) is 1.53. The summed E-state index contributed by atoms with van der Waals surface area (Å²) in [5.41, 5.74) is 1.07. The molecule has 0 aliphatic rings. The van der Waals surface area contributed by atoms with Crippen molar-refractivity contribution < 1.29 is 10.0 Å². The zero-order chi connectivity index (χ0) is 12.0. The summed E-state index contributed by atoms with van der Waals surface area (Å²) in [6, 6.07) is 6.41. The van der Waals surface area contributed by atoms with E-state index in [1.165, 1.54) is 12.1 Å². The molecule has 0 saturated carbocycles. The quantitative estimate of drug-likeness (QED) is 0.560. The number of nitro groups is 1. The van der Waals surface area contributed by atoms with E-state index in [-0.39, 0.29) is 18.3 Å². The van der Waals surface area contributed by atoms with Crippen LogP contribution in [0.1, 0.15) is 12.5 Å². The molecule has 0 aliphatic heterocycles. The number of nitrogens with one attached hydrogen (secondary N) is 1.